The Bertz CT molecular complexity index is 186. The van der Waals surface area contributed by atoms with E-state index in [0.29, 0.717) is 0 Å². The third-order valence-corrected chi connectivity index (χ3v) is 5.12. The van der Waals surface area contributed by atoms with E-state index in [0.717, 1.165) is 0 Å². The number of thiol groups is 1. The van der Waals surface area contributed by atoms with Crippen LogP contribution in [-0.2, 0) is 0 Å². The highest BCUT2D eigenvalue weighted by Gasteiger charge is 2.14. The number of hydrogen-bond donors (Lipinski definition) is 1. The average molecular weight is 301 g/mol. The monoisotopic (exact) mass is 300 g/mol. The topological polar surface area (TPSA) is 0 Å². The van der Waals surface area contributed by atoms with Crippen molar-refractivity contribution in [3.05, 3.63) is 0 Å². The smallest absolute Gasteiger partial charge is 0.00987 e. The van der Waals surface area contributed by atoms with Crippen LogP contribution >= 0.6 is 12.6 Å². The molecule has 0 radical (unpaired) electrons. The molecule has 0 saturated carbocycles. The lowest BCUT2D eigenvalue weighted by atomic mass is 9.98. The van der Waals surface area contributed by atoms with Crippen molar-refractivity contribution in [3.8, 4) is 0 Å². The summed E-state index contributed by atoms with van der Waals surface area (Å²) in [7, 11) is 0. The highest BCUT2D eigenvalue weighted by atomic mass is 32.1. The second-order valence-corrected chi connectivity index (χ2v) is 7.92. The first-order valence-electron chi connectivity index (χ1n) is 9.34. The van der Waals surface area contributed by atoms with E-state index in [1.165, 1.54) is 96.3 Å². The molecule has 0 rings (SSSR count). The number of rotatable bonds is 15. The quantitative estimate of drug-likeness (QED) is 0.234. The molecule has 0 N–H and O–H groups in total. The van der Waals surface area contributed by atoms with Crippen LogP contribution in [0.4, 0.5) is 0 Å². The summed E-state index contributed by atoms with van der Waals surface area (Å²) in [6, 6.07) is 0. The van der Waals surface area contributed by atoms with Gasteiger partial charge in [-0.25, -0.2) is 0 Å². The maximum absolute atomic E-state index is 4.70. The Hall–Kier alpha value is 0.350. The maximum atomic E-state index is 4.70. The van der Waals surface area contributed by atoms with Crippen LogP contribution in [0, 0.1) is 0 Å². The van der Waals surface area contributed by atoms with Crippen LogP contribution in [0.15, 0.2) is 0 Å². The molecule has 0 spiro atoms. The molecule has 0 aliphatic heterocycles. The lowest BCUT2D eigenvalue weighted by Gasteiger charge is -2.20. The van der Waals surface area contributed by atoms with Gasteiger partial charge in [0, 0.05) is 4.75 Å². The van der Waals surface area contributed by atoms with E-state index in [4.69, 9.17) is 12.6 Å². The van der Waals surface area contributed by atoms with Gasteiger partial charge in [-0.1, -0.05) is 104 Å². The van der Waals surface area contributed by atoms with E-state index >= 15 is 0 Å². The van der Waals surface area contributed by atoms with Crippen molar-refractivity contribution in [1.82, 2.24) is 0 Å². The molecular formula is C19H40S. The average Bonchev–Trinajstić information content (AvgIpc) is 2.44. The van der Waals surface area contributed by atoms with Gasteiger partial charge < -0.3 is 0 Å². The Morgan fingerprint density at radius 2 is 0.950 bits per heavy atom. The van der Waals surface area contributed by atoms with Gasteiger partial charge in [-0.3, -0.25) is 0 Å². The van der Waals surface area contributed by atoms with Gasteiger partial charge in [0.1, 0.15) is 0 Å². The van der Waals surface area contributed by atoms with Crippen molar-refractivity contribution in [2.24, 2.45) is 0 Å². The fourth-order valence-corrected chi connectivity index (χ4v) is 2.86. The summed E-state index contributed by atoms with van der Waals surface area (Å²) < 4.78 is 0.276. The molecule has 0 aliphatic rings. The third-order valence-electron chi connectivity index (χ3n) is 4.58. The molecule has 1 unspecified atom stereocenters. The minimum absolute atomic E-state index is 0.276. The Morgan fingerprint density at radius 1 is 0.600 bits per heavy atom. The third kappa shape index (κ3) is 14.8. The fraction of sp³-hybridized carbons (Fsp3) is 1.00. The molecule has 1 atom stereocenters. The zero-order valence-corrected chi connectivity index (χ0v) is 15.4. The van der Waals surface area contributed by atoms with Crippen LogP contribution in [-0.4, -0.2) is 4.75 Å². The molecule has 0 saturated heterocycles. The van der Waals surface area contributed by atoms with Crippen LogP contribution in [0.25, 0.3) is 0 Å². The first-order valence-corrected chi connectivity index (χ1v) is 9.79. The van der Waals surface area contributed by atoms with E-state index in [1.54, 1.807) is 0 Å². The fourth-order valence-electron chi connectivity index (χ4n) is 2.70. The largest absolute Gasteiger partial charge is 0.173 e. The molecule has 0 aromatic rings. The van der Waals surface area contributed by atoms with E-state index < -0.39 is 0 Å². The van der Waals surface area contributed by atoms with Crippen molar-refractivity contribution in [1.29, 1.82) is 0 Å². The van der Waals surface area contributed by atoms with Crippen molar-refractivity contribution in [2.75, 3.05) is 0 Å². The summed E-state index contributed by atoms with van der Waals surface area (Å²) in [5.41, 5.74) is 0. The predicted octanol–water partition coefficient (Wildman–Crippen LogP) is 7.57. The van der Waals surface area contributed by atoms with Crippen LogP contribution in [0.1, 0.15) is 117 Å². The molecule has 1 heteroatoms. The first kappa shape index (κ1) is 20.3. The zero-order chi connectivity index (χ0) is 15.1. The molecule has 122 valence electrons. The van der Waals surface area contributed by atoms with Crippen molar-refractivity contribution in [3.63, 3.8) is 0 Å². The lowest BCUT2D eigenvalue weighted by molar-refractivity contribution is 0.501. The highest BCUT2D eigenvalue weighted by molar-refractivity contribution is 7.81. The maximum Gasteiger partial charge on any atom is 0.00987 e. The summed E-state index contributed by atoms with van der Waals surface area (Å²) in [5, 5.41) is 0. The van der Waals surface area contributed by atoms with Gasteiger partial charge in [0.25, 0.3) is 0 Å². The Morgan fingerprint density at radius 3 is 1.30 bits per heavy atom. The summed E-state index contributed by atoms with van der Waals surface area (Å²) in [6.07, 6.45) is 21.2. The molecule has 0 aromatic heterocycles. The molecule has 0 amide bonds. The van der Waals surface area contributed by atoms with Gasteiger partial charge in [0.2, 0.25) is 0 Å². The second-order valence-electron chi connectivity index (χ2n) is 6.84. The SMILES string of the molecule is CCCCCCCCCCCCCCCC(C)(S)CC. The lowest BCUT2D eigenvalue weighted by Crippen LogP contribution is -2.14. The molecule has 0 nitrogen and oxygen atoms in total. The summed E-state index contributed by atoms with van der Waals surface area (Å²) >= 11 is 4.70. The van der Waals surface area contributed by atoms with Crippen LogP contribution in [0.5, 0.6) is 0 Å². The van der Waals surface area contributed by atoms with Crippen molar-refractivity contribution < 1.29 is 0 Å². The van der Waals surface area contributed by atoms with Gasteiger partial charge in [-0.15, -0.1) is 0 Å². The normalized spacial score (nSPS) is 14.4. The Labute approximate surface area is 134 Å². The zero-order valence-electron chi connectivity index (χ0n) is 14.6. The highest BCUT2D eigenvalue weighted by Crippen LogP contribution is 2.25. The number of hydrogen-bond acceptors (Lipinski definition) is 1. The van der Waals surface area contributed by atoms with Gasteiger partial charge in [0.15, 0.2) is 0 Å². The second kappa shape index (κ2) is 14.3. The molecule has 20 heavy (non-hydrogen) atoms. The first-order chi connectivity index (χ1) is 9.62. The van der Waals surface area contributed by atoms with Crippen LogP contribution in [0.2, 0.25) is 0 Å². The minimum Gasteiger partial charge on any atom is -0.173 e. The van der Waals surface area contributed by atoms with Gasteiger partial charge >= 0.3 is 0 Å². The van der Waals surface area contributed by atoms with Crippen molar-refractivity contribution in [2.45, 2.75) is 122 Å². The molecule has 0 aliphatic carbocycles. The summed E-state index contributed by atoms with van der Waals surface area (Å²) in [5.74, 6) is 0. The van der Waals surface area contributed by atoms with Gasteiger partial charge in [0.05, 0.1) is 0 Å². The van der Waals surface area contributed by atoms with E-state index in [-0.39, 0.29) is 4.75 Å². The molecule has 0 bridgehead atoms. The molecule has 0 fully saturated rings. The Balaban J connectivity index is 3.06. The van der Waals surface area contributed by atoms with E-state index in [9.17, 15) is 0 Å². The van der Waals surface area contributed by atoms with E-state index in [1.807, 2.05) is 0 Å². The summed E-state index contributed by atoms with van der Waals surface area (Å²) in [6.45, 7) is 6.81. The standard InChI is InChI=1S/C19H40S/c1-4-6-7-8-9-10-11-12-13-14-15-16-17-18-19(3,20)5-2/h20H,4-18H2,1-3H3. The van der Waals surface area contributed by atoms with Gasteiger partial charge in [-0.05, 0) is 12.8 Å². The molecule has 0 heterocycles. The molecular weight excluding hydrogens is 260 g/mol. The van der Waals surface area contributed by atoms with Gasteiger partial charge in [-0.2, -0.15) is 12.6 Å². The van der Waals surface area contributed by atoms with E-state index in [2.05, 4.69) is 20.8 Å². The Kier molecular flexibility index (Phi) is 14.5. The minimum atomic E-state index is 0.276. The predicted molar refractivity (Wildman–Crippen MR) is 98.0 cm³/mol. The van der Waals surface area contributed by atoms with Crippen molar-refractivity contribution >= 4 is 12.6 Å². The van der Waals surface area contributed by atoms with Crippen LogP contribution in [0.3, 0.4) is 0 Å². The van der Waals surface area contributed by atoms with Crippen LogP contribution < -0.4 is 0 Å². The number of unbranched alkanes of at least 4 members (excludes halogenated alkanes) is 12. The summed E-state index contributed by atoms with van der Waals surface area (Å²) in [4.78, 5) is 0. The molecule has 0 aromatic carbocycles.